The lowest BCUT2D eigenvalue weighted by atomic mass is 9.93. The van der Waals surface area contributed by atoms with Gasteiger partial charge in [0.1, 0.15) is 18.0 Å². The van der Waals surface area contributed by atoms with Crippen LogP contribution in [0.2, 0.25) is 0 Å². The Morgan fingerprint density at radius 2 is 1.92 bits per heavy atom. The van der Waals surface area contributed by atoms with E-state index in [1.54, 1.807) is 24.3 Å². The molecule has 0 unspecified atom stereocenters. The molecule has 0 spiro atoms. The van der Waals surface area contributed by atoms with Gasteiger partial charge in [0, 0.05) is 19.3 Å². The SMILES string of the molecule is CC(=O)Oc1ccccc1C(=O)C[C@H]1CO[C@H]2[C@@H]1OC[C@H]2ON(O)O. The number of carbonyl (C=O) groups is 2. The second-order valence-electron chi connectivity index (χ2n) is 5.97. The molecule has 136 valence electrons. The van der Waals surface area contributed by atoms with Gasteiger partial charge in [-0.3, -0.25) is 20.0 Å². The smallest absolute Gasteiger partial charge is 0.308 e. The van der Waals surface area contributed by atoms with E-state index in [1.807, 2.05) is 0 Å². The van der Waals surface area contributed by atoms with Gasteiger partial charge in [0.15, 0.2) is 5.78 Å². The van der Waals surface area contributed by atoms with Crippen molar-refractivity contribution >= 4 is 11.8 Å². The second kappa shape index (κ2) is 7.56. The highest BCUT2D eigenvalue weighted by molar-refractivity contribution is 5.99. The largest absolute Gasteiger partial charge is 0.426 e. The van der Waals surface area contributed by atoms with Gasteiger partial charge in [-0.1, -0.05) is 12.1 Å². The fourth-order valence-electron chi connectivity index (χ4n) is 3.22. The number of benzene rings is 1. The molecule has 0 amide bonds. The summed E-state index contributed by atoms with van der Waals surface area (Å²) in [5.41, 5.74) is 0.323. The minimum atomic E-state index is -0.659. The summed E-state index contributed by atoms with van der Waals surface area (Å²) in [5.74, 6) is -0.672. The van der Waals surface area contributed by atoms with Gasteiger partial charge in [-0.05, 0) is 12.1 Å². The number of hydrogen-bond acceptors (Lipinski definition) is 9. The standard InChI is InChI=1S/C16H19NO8/c1-9(18)24-13-5-3-2-4-11(13)12(19)6-10-7-22-16-14(25-17(20)21)8-23-15(10)16/h2-5,10,14-16,20-21H,6-8H2,1H3/t10-,14+,15+,16+/m0/s1. The number of ether oxygens (including phenoxy) is 3. The van der Waals surface area contributed by atoms with Crippen molar-refractivity contribution in [3.63, 3.8) is 0 Å². The maximum absolute atomic E-state index is 12.6. The minimum Gasteiger partial charge on any atom is -0.426 e. The highest BCUT2D eigenvalue weighted by atomic mass is 17.1. The molecule has 1 aromatic rings. The van der Waals surface area contributed by atoms with Crippen molar-refractivity contribution in [2.75, 3.05) is 13.2 Å². The molecule has 3 rings (SSSR count). The Kier molecular flexibility index (Phi) is 5.42. The summed E-state index contributed by atoms with van der Waals surface area (Å²) >= 11 is 0. The quantitative estimate of drug-likeness (QED) is 0.334. The van der Waals surface area contributed by atoms with Crippen LogP contribution < -0.4 is 4.74 Å². The van der Waals surface area contributed by atoms with Crippen LogP contribution in [0.5, 0.6) is 5.75 Å². The van der Waals surface area contributed by atoms with Gasteiger partial charge < -0.3 is 14.2 Å². The lowest BCUT2D eigenvalue weighted by Crippen LogP contribution is -2.35. The molecule has 2 heterocycles. The van der Waals surface area contributed by atoms with Crippen molar-refractivity contribution in [2.45, 2.75) is 31.7 Å². The van der Waals surface area contributed by atoms with E-state index in [4.69, 9.17) is 29.5 Å². The van der Waals surface area contributed by atoms with Crippen molar-refractivity contribution in [3.8, 4) is 5.75 Å². The molecule has 25 heavy (non-hydrogen) atoms. The highest BCUT2D eigenvalue weighted by Gasteiger charge is 2.49. The van der Waals surface area contributed by atoms with Gasteiger partial charge in [-0.25, -0.2) is 4.84 Å². The number of ketones is 1. The van der Waals surface area contributed by atoms with Crippen LogP contribution in [0, 0.1) is 5.92 Å². The number of rotatable bonds is 6. The van der Waals surface area contributed by atoms with E-state index in [-0.39, 0.29) is 48.6 Å². The molecule has 4 atom stereocenters. The normalized spacial score (nSPS) is 28.2. The zero-order valence-electron chi connectivity index (χ0n) is 13.5. The summed E-state index contributed by atoms with van der Waals surface area (Å²) in [6.07, 6.45) is -1.37. The zero-order chi connectivity index (χ0) is 18.0. The Hall–Kier alpha value is -1.88. The van der Waals surface area contributed by atoms with E-state index in [9.17, 15) is 9.59 Å². The highest BCUT2D eigenvalue weighted by Crippen LogP contribution is 2.35. The third-order valence-electron chi connectivity index (χ3n) is 4.23. The average Bonchev–Trinajstić information content (AvgIpc) is 3.11. The van der Waals surface area contributed by atoms with Crippen molar-refractivity contribution in [2.24, 2.45) is 5.92 Å². The molecule has 0 radical (unpaired) electrons. The van der Waals surface area contributed by atoms with E-state index >= 15 is 0 Å². The van der Waals surface area contributed by atoms with Crippen molar-refractivity contribution < 1.29 is 39.1 Å². The number of esters is 1. The van der Waals surface area contributed by atoms with Crippen LogP contribution in [0.4, 0.5) is 0 Å². The number of hydrogen-bond donors (Lipinski definition) is 2. The van der Waals surface area contributed by atoms with Gasteiger partial charge >= 0.3 is 5.97 Å². The molecule has 0 bridgehead atoms. The van der Waals surface area contributed by atoms with E-state index in [0.717, 1.165) is 0 Å². The molecule has 0 saturated carbocycles. The first-order valence-electron chi connectivity index (χ1n) is 7.84. The summed E-state index contributed by atoms with van der Waals surface area (Å²) in [6.45, 7) is 1.68. The molecule has 2 aliphatic rings. The summed E-state index contributed by atoms with van der Waals surface area (Å²) < 4.78 is 16.3. The number of nitrogens with zero attached hydrogens (tertiary/aromatic N) is 1. The summed E-state index contributed by atoms with van der Waals surface area (Å²) in [7, 11) is 0. The molecule has 0 aliphatic carbocycles. The van der Waals surface area contributed by atoms with Crippen LogP contribution >= 0.6 is 0 Å². The first kappa shape index (κ1) is 17.9. The molecule has 2 fully saturated rings. The summed E-state index contributed by atoms with van der Waals surface area (Å²) in [6, 6.07) is 6.54. The fraction of sp³-hybridized carbons (Fsp3) is 0.500. The van der Waals surface area contributed by atoms with Gasteiger partial charge in [-0.15, -0.1) is 0 Å². The molecule has 1 aromatic carbocycles. The van der Waals surface area contributed by atoms with Crippen molar-refractivity contribution in [3.05, 3.63) is 29.8 Å². The van der Waals surface area contributed by atoms with E-state index < -0.39 is 18.2 Å². The first-order valence-corrected chi connectivity index (χ1v) is 7.84. The van der Waals surface area contributed by atoms with Crippen LogP contribution in [0.15, 0.2) is 24.3 Å². The minimum absolute atomic E-state index is 0.127. The van der Waals surface area contributed by atoms with Gasteiger partial charge in [0.25, 0.3) is 0 Å². The Labute approximate surface area is 143 Å². The van der Waals surface area contributed by atoms with Crippen molar-refractivity contribution in [1.82, 2.24) is 5.39 Å². The Bertz CT molecular complexity index is 649. The molecule has 2 N–H and O–H groups in total. The van der Waals surface area contributed by atoms with Crippen LogP contribution in [-0.4, -0.2) is 59.1 Å². The van der Waals surface area contributed by atoms with E-state index in [1.165, 1.54) is 6.92 Å². The Balaban J connectivity index is 1.66. The molecular formula is C16H19NO8. The lowest BCUT2D eigenvalue weighted by molar-refractivity contribution is -0.507. The lowest BCUT2D eigenvalue weighted by Gasteiger charge is -2.17. The molecule has 9 nitrogen and oxygen atoms in total. The predicted molar refractivity (Wildman–Crippen MR) is 80.0 cm³/mol. The van der Waals surface area contributed by atoms with Gasteiger partial charge in [-0.2, -0.15) is 0 Å². The zero-order valence-corrected chi connectivity index (χ0v) is 13.5. The maximum Gasteiger partial charge on any atom is 0.308 e. The molecule has 2 saturated heterocycles. The van der Waals surface area contributed by atoms with Crippen LogP contribution in [-0.2, 0) is 19.1 Å². The van der Waals surface area contributed by atoms with E-state index in [2.05, 4.69) is 0 Å². The van der Waals surface area contributed by atoms with Gasteiger partial charge in [0.05, 0.1) is 30.3 Å². The topological polar surface area (TPSA) is 115 Å². The molecule has 9 heteroatoms. The van der Waals surface area contributed by atoms with Gasteiger partial charge in [0.2, 0.25) is 0 Å². The third kappa shape index (κ3) is 4.03. The number of Topliss-reactive ketones (excluding diaryl/α,β-unsaturated/α-hetero) is 1. The second-order valence-corrected chi connectivity index (χ2v) is 5.97. The third-order valence-corrected chi connectivity index (χ3v) is 4.23. The molecule has 2 aliphatic heterocycles. The fourth-order valence-corrected chi connectivity index (χ4v) is 3.22. The predicted octanol–water partition coefficient (Wildman–Crippen LogP) is 0.979. The first-order chi connectivity index (χ1) is 12.0. The number of fused-ring (bicyclic) bond motifs is 1. The van der Waals surface area contributed by atoms with Crippen LogP contribution in [0.25, 0.3) is 0 Å². The van der Waals surface area contributed by atoms with Crippen molar-refractivity contribution in [1.29, 1.82) is 0 Å². The van der Waals surface area contributed by atoms with Crippen LogP contribution in [0.1, 0.15) is 23.7 Å². The summed E-state index contributed by atoms with van der Waals surface area (Å²) in [5, 5.41) is 17.1. The molecule has 0 aromatic heterocycles. The summed E-state index contributed by atoms with van der Waals surface area (Å²) in [4.78, 5) is 28.6. The maximum atomic E-state index is 12.6. The number of para-hydroxylation sites is 1. The number of carbonyl (C=O) groups excluding carboxylic acids is 2. The molecular weight excluding hydrogens is 334 g/mol. The monoisotopic (exact) mass is 353 g/mol. The Morgan fingerprint density at radius 1 is 1.20 bits per heavy atom. The van der Waals surface area contributed by atoms with Crippen LogP contribution in [0.3, 0.4) is 0 Å². The average molecular weight is 353 g/mol. The van der Waals surface area contributed by atoms with E-state index in [0.29, 0.717) is 5.56 Å². The Morgan fingerprint density at radius 3 is 2.64 bits per heavy atom.